The Hall–Kier alpha value is -0.326. The van der Waals surface area contributed by atoms with Gasteiger partial charge in [-0.05, 0) is 0 Å². The van der Waals surface area contributed by atoms with E-state index in [0.29, 0.717) is 0 Å². The average Bonchev–Trinajstić information content (AvgIpc) is 2.78. The van der Waals surface area contributed by atoms with Gasteiger partial charge in [-0.15, -0.1) is 12.8 Å². The van der Waals surface area contributed by atoms with Crippen molar-refractivity contribution in [3.63, 3.8) is 0 Å². The van der Waals surface area contributed by atoms with Gasteiger partial charge < -0.3 is 14.9 Å². The first-order chi connectivity index (χ1) is 6.21. The average molecular weight is 248 g/mol. The molecule has 0 unspecified atom stereocenters. The fraction of sp³-hybridized carbons (Fsp3) is 0.333. The van der Waals surface area contributed by atoms with Crippen LogP contribution in [0.25, 0.3) is 0 Å². The first-order valence-corrected chi connectivity index (χ1v) is 4.77. The molecule has 0 aromatic rings. The van der Waals surface area contributed by atoms with Crippen LogP contribution in [-0.2, 0) is 21.7 Å². The molecule has 2 aliphatic rings. The zero-order valence-corrected chi connectivity index (χ0v) is 12.3. The van der Waals surface area contributed by atoms with Gasteiger partial charge >= 0.3 is 21.7 Å². The van der Waals surface area contributed by atoms with Crippen LogP contribution in [0.5, 0.6) is 0 Å². The minimum atomic E-state index is 0. The summed E-state index contributed by atoms with van der Waals surface area (Å²) in [7, 11) is 0. The molecule has 0 heterocycles. The Morgan fingerprint density at radius 2 is 1.31 bits per heavy atom. The molecule has 0 atom stereocenters. The molecular formula is C15H20Ti. The Morgan fingerprint density at radius 3 is 1.56 bits per heavy atom. The predicted octanol–water partition coefficient (Wildman–Crippen LogP) is 4.29. The third kappa shape index (κ3) is 3.33. The minimum Gasteiger partial charge on any atom is -0.358 e. The van der Waals surface area contributed by atoms with Crippen molar-refractivity contribution in [2.24, 2.45) is 5.41 Å². The van der Waals surface area contributed by atoms with Gasteiger partial charge in [0.2, 0.25) is 0 Å². The number of allylic oxidation sites excluding steroid dienone is 8. The molecule has 0 nitrogen and oxygen atoms in total. The van der Waals surface area contributed by atoms with Crippen molar-refractivity contribution >= 4 is 0 Å². The second-order valence-electron chi connectivity index (χ2n) is 4.02. The summed E-state index contributed by atoms with van der Waals surface area (Å²) in [5, 5.41) is 0. The molecule has 2 rings (SSSR count). The third-order valence-electron chi connectivity index (χ3n) is 2.74. The Balaban J connectivity index is 0. The van der Waals surface area contributed by atoms with Crippen molar-refractivity contribution in [1.82, 2.24) is 0 Å². The van der Waals surface area contributed by atoms with E-state index < -0.39 is 0 Å². The van der Waals surface area contributed by atoms with Crippen LogP contribution in [-0.4, -0.2) is 0 Å². The summed E-state index contributed by atoms with van der Waals surface area (Å²) in [6, 6.07) is 0. The van der Waals surface area contributed by atoms with Crippen molar-refractivity contribution in [2.45, 2.75) is 26.7 Å². The standard InChI is InChI=1S/C13H14.2CH3.Ti/c1-13(2,11-7-3-4-8-11)12-9-5-6-10-12;;;/h3,5,7,9H,4,6H2,1-2H3;2*1H3;/q-2;2*-1;+4. The zero-order chi connectivity index (χ0) is 9.31. The molecule has 0 saturated carbocycles. The first kappa shape index (κ1) is 18.1. The largest absolute Gasteiger partial charge is 4.00 e. The molecule has 0 amide bonds. The molecule has 1 heteroatoms. The van der Waals surface area contributed by atoms with Gasteiger partial charge in [-0.1, -0.05) is 19.3 Å². The maximum absolute atomic E-state index is 3.38. The van der Waals surface area contributed by atoms with E-state index in [1.807, 2.05) is 0 Å². The molecule has 0 saturated heterocycles. The van der Waals surface area contributed by atoms with Crippen LogP contribution in [0.3, 0.4) is 0 Å². The molecule has 0 aliphatic heterocycles. The maximum Gasteiger partial charge on any atom is 4.00 e. The number of rotatable bonds is 2. The third-order valence-corrected chi connectivity index (χ3v) is 2.74. The smallest absolute Gasteiger partial charge is 0.358 e. The summed E-state index contributed by atoms with van der Waals surface area (Å²) in [4.78, 5) is 0. The first-order valence-electron chi connectivity index (χ1n) is 4.77. The molecule has 0 aromatic heterocycles. The molecule has 0 radical (unpaired) electrons. The summed E-state index contributed by atoms with van der Waals surface area (Å²) in [6.07, 6.45) is 17.4. The maximum atomic E-state index is 3.38. The molecule has 16 heavy (non-hydrogen) atoms. The normalized spacial score (nSPS) is 16.9. The van der Waals surface area contributed by atoms with Crippen LogP contribution >= 0.6 is 0 Å². The predicted molar refractivity (Wildman–Crippen MR) is 67.6 cm³/mol. The fourth-order valence-electron chi connectivity index (χ4n) is 1.81. The van der Waals surface area contributed by atoms with Crippen molar-refractivity contribution in [3.8, 4) is 0 Å². The Bertz CT molecular complexity index is 295. The molecule has 0 bridgehead atoms. The van der Waals surface area contributed by atoms with Crippen molar-refractivity contribution in [2.75, 3.05) is 0 Å². The number of hydrogen-bond donors (Lipinski definition) is 0. The Kier molecular flexibility index (Phi) is 8.00. The molecule has 0 N–H and O–H groups in total. The van der Waals surface area contributed by atoms with Gasteiger partial charge in [0, 0.05) is 0 Å². The van der Waals surface area contributed by atoms with E-state index in [1.165, 1.54) is 11.1 Å². The second-order valence-corrected chi connectivity index (χ2v) is 4.02. The van der Waals surface area contributed by atoms with Crippen LogP contribution in [0.1, 0.15) is 26.7 Å². The van der Waals surface area contributed by atoms with E-state index in [0.717, 1.165) is 12.8 Å². The molecule has 0 aromatic carbocycles. The van der Waals surface area contributed by atoms with E-state index in [-0.39, 0.29) is 42.0 Å². The molecular weight excluding hydrogens is 228 g/mol. The summed E-state index contributed by atoms with van der Waals surface area (Å²) < 4.78 is 0. The van der Waals surface area contributed by atoms with Crippen molar-refractivity contribution in [1.29, 1.82) is 0 Å². The van der Waals surface area contributed by atoms with E-state index in [9.17, 15) is 0 Å². The second kappa shape index (κ2) is 7.09. The minimum absolute atomic E-state index is 0. The van der Waals surface area contributed by atoms with E-state index in [4.69, 9.17) is 0 Å². The van der Waals surface area contributed by atoms with Gasteiger partial charge in [-0.2, -0.15) is 12.2 Å². The number of hydrogen-bond acceptors (Lipinski definition) is 0. The molecule has 2 aliphatic carbocycles. The van der Waals surface area contributed by atoms with E-state index >= 15 is 0 Å². The van der Waals surface area contributed by atoms with Gasteiger partial charge in [0.25, 0.3) is 0 Å². The SMILES string of the molecule is CC(C)(C1=[C-]CC=C1)C1=[C-]CC=C1.[CH3-].[CH3-].[Ti+4]. The van der Waals surface area contributed by atoms with Crippen molar-refractivity contribution in [3.05, 3.63) is 62.5 Å². The molecule has 0 spiro atoms. The fourth-order valence-corrected chi connectivity index (χ4v) is 1.81. The summed E-state index contributed by atoms with van der Waals surface area (Å²) in [5.41, 5.74) is 2.71. The van der Waals surface area contributed by atoms with Crippen LogP contribution in [0.2, 0.25) is 0 Å². The van der Waals surface area contributed by atoms with Gasteiger partial charge in [0.15, 0.2) is 0 Å². The topological polar surface area (TPSA) is 0 Å². The van der Waals surface area contributed by atoms with Gasteiger partial charge in [0.05, 0.1) is 0 Å². The van der Waals surface area contributed by atoms with Gasteiger partial charge in [0.1, 0.15) is 0 Å². The van der Waals surface area contributed by atoms with Gasteiger partial charge in [-0.3, -0.25) is 12.2 Å². The van der Waals surface area contributed by atoms with Crippen LogP contribution in [0, 0.1) is 32.4 Å². The van der Waals surface area contributed by atoms with Crippen LogP contribution in [0.4, 0.5) is 0 Å². The van der Waals surface area contributed by atoms with Gasteiger partial charge in [-0.25, -0.2) is 23.3 Å². The van der Waals surface area contributed by atoms with Crippen molar-refractivity contribution < 1.29 is 21.7 Å². The summed E-state index contributed by atoms with van der Waals surface area (Å²) in [6.45, 7) is 4.48. The Morgan fingerprint density at radius 1 is 0.938 bits per heavy atom. The zero-order valence-electron chi connectivity index (χ0n) is 10.7. The Labute approximate surface area is 116 Å². The molecule has 0 fully saturated rings. The summed E-state index contributed by atoms with van der Waals surface area (Å²) in [5.74, 6) is 0. The van der Waals surface area contributed by atoms with E-state index in [2.05, 4.69) is 50.3 Å². The van der Waals surface area contributed by atoms with Crippen LogP contribution < -0.4 is 0 Å². The van der Waals surface area contributed by atoms with E-state index in [1.54, 1.807) is 0 Å². The van der Waals surface area contributed by atoms with Crippen LogP contribution in [0.15, 0.2) is 35.5 Å². The quantitative estimate of drug-likeness (QED) is 0.505. The summed E-state index contributed by atoms with van der Waals surface area (Å²) >= 11 is 0. The monoisotopic (exact) mass is 248 g/mol. The molecule has 84 valence electrons.